The van der Waals surface area contributed by atoms with E-state index in [2.05, 4.69) is 20.8 Å². The van der Waals surface area contributed by atoms with Crippen molar-refractivity contribution in [1.82, 2.24) is 20.2 Å². The normalized spacial score (nSPS) is 10.3. The molecule has 0 aliphatic carbocycles. The lowest BCUT2D eigenvalue weighted by atomic mass is 10.2. The highest BCUT2D eigenvalue weighted by molar-refractivity contribution is 7.99. The summed E-state index contributed by atoms with van der Waals surface area (Å²) >= 11 is 1.24. The molecule has 23 heavy (non-hydrogen) atoms. The molecular weight excluding hydrogens is 318 g/mol. The van der Waals surface area contributed by atoms with Crippen LogP contribution >= 0.6 is 11.8 Å². The Morgan fingerprint density at radius 2 is 2.04 bits per heavy atom. The van der Waals surface area contributed by atoms with Crippen molar-refractivity contribution in [2.24, 2.45) is 7.05 Å². The number of carbonyl (C=O) groups excluding carboxylic acids is 2. The Morgan fingerprint density at radius 3 is 2.65 bits per heavy atom. The number of thioether (sulfide) groups is 1. The molecule has 1 amide bonds. The first-order valence-electron chi connectivity index (χ1n) is 7.02. The molecule has 0 aliphatic heterocycles. The number of aryl methyl sites for hydroxylation is 1. The number of hydrogen-bond donors (Lipinski definition) is 1. The van der Waals surface area contributed by atoms with Crippen LogP contribution in [0.5, 0.6) is 0 Å². The van der Waals surface area contributed by atoms with Gasteiger partial charge in [-0.15, -0.1) is 5.10 Å². The Hall–Kier alpha value is -2.42. The van der Waals surface area contributed by atoms with Gasteiger partial charge in [-0.1, -0.05) is 18.7 Å². The average molecular weight is 335 g/mol. The Kier molecular flexibility index (Phi) is 6.10. The molecule has 1 aromatic carbocycles. The van der Waals surface area contributed by atoms with Gasteiger partial charge in [-0.05, 0) is 41.1 Å². The van der Waals surface area contributed by atoms with Crippen LogP contribution in [0.1, 0.15) is 23.7 Å². The third-order valence-corrected chi connectivity index (χ3v) is 3.77. The van der Waals surface area contributed by atoms with Gasteiger partial charge in [0, 0.05) is 12.7 Å². The zero-order valence-corrected chi connectivity index (χ0v) is 13.7. The second kappa shape index (κ2) is 8.28. The van der Waals surface area contributed by atoms with E-state index in [0.717, 1.165) is 6.42 Å². The van der Waals surface area contributed by atoms with Gasteiger partial charge in [0.15, 0.2) is 0 Å². The number of hydrogen-bond acceptors (Lipinski definition) is 7. The van der Waals surface area contributed by atoms with Crippen molar-refractivity contribution in [3.05, 3.63) is 29.8 Å². The number of aromatic nitrogens is 4. The van der Waals surface area contributed by atoms with Gasteiger partial charge in [0.25, 0.3) is 0 Å². The van der Waals surface area contributed by atoms with Crippen molar-refractivity contribution in [1.29, 1.82) is 0 Å². The summed E-state index contributed by atoms with van der Waals surface area (Å²) in [7, 11) is 1.70. The molecular formula is C14H17N5O3S. The highest BCUT2D eigenvalue weighted by Gasteiger charge is 2.09. The van der Waals surface area contributed by atoms with Crippen LogP contribution in [-0.4, -0.2) is 44.4 Å². The number of tetrazole rings is 1. The summed E-state index contributed by atoms with van der Waals surface area (Å²) in [4.78, 5) is 23.5. The van der Waals surface area contributed by atoms with Gasteiger partial charge in [-0.2, -0.15) is 0 Å². The van der Waals surface area contributed by atoms with E-state index in [4.69, 9.17) is 4.74 Å². The molecule has 122 valence electrons. The first-order chi connectivity index (χ1) is 11.1. The molecule has 2 aromatic rings. The highest BCUT2D eigenvalue weighted by Crippen LogP contribution is 2.14. The van der Waals surface area contributed by atoms with Gasteiger partial charge < -0.3 is 10.1 Å². The monoisotopic (exact) mass is 335 g/mol. The summed E-state index contributed by atoms with van der Waals surface area (Å²) in [6.07, 6.45) is 0.776. The third-order valence-electron chi connectivity index (χ3n) is 2.76. The van der Waals surface area contributed by atoms with Gasteiger partial charge in [0.2, 0.25) is 11.1 Å². The van der Waals surface area contributed by atoms with Crippen LogP contribution in [0.15, 0.2) is 29.4 Å². The lowest BCUT2D eigenvalue weighted by molar-refractivity contribution is -0.113. The Bertz CT molecular complexity index is 671. The molecule has 9 heteroatoms. The number of nitrogens with zero attached hydrogens (tertiary/aromatic N) is 4. The van der Waals surface area contributed by atoms with Crippen molar-refractivity contribution >= 4 is 29.3 Å². The molecule has 1 aromatic heterocycles. The molecule has 1 heterocycles. The summed E-state index contributed by atoms with van der Waals surface area (Å²) in [6, 6.07) is 6.56. The SMILES string of the molecule is CCCOC(=O)c1ccc(NC(=O)CSc2nnnn2C)cc1. The Labute approximate surface area is 137 Å². The molecule has 0 saturated heterocycles. The number of esters is 1. The van der Waals surface area contributed by atoms with E-state index in [9.17, 15) is 9.59 Å². The van der Waals surface area contributed by atoms with Gasteiger partial charge in [0.1, 0.15) is 0 Å². The number of rotatable bonds is 7. The summed E-state index contributed by atoms with van der Waals surface area (Å²) in [6.45, 7) is 2.33. The summed E-state index contributed by atoms with van der Waals surface area (Å²) in [5, 5.41) is 14.3. The van der Waals surface area contributed by atoms with Crippen LogP contribution in [0.2, 0.25) is 0 Å². The Balaban J connectivity index is 1.84. The second-order valence-corrected chi connectivity index (χ2v) is 5.58. The first kappa shape index (κ1) is 16.9. The molecule has 2 rings (SSSR count). The fourth-order valence-electron chi connectivity index (χ4n) is 1.64. The van der Waals surface area contributed by atoms with Crippen molar-refractivity contribution in [2.75, 3.05) is 17.7 Å². The third kappa shape index (κ3) is 5.06. The van der Waals surface area contributed by atoms with Crippen LogP contribution in [-0.2, 0) is 16.6 Å². The largest absolute Gasteiger partial charge is 0.462 e. The van der Waals surface area contributed by atoms with E-state index in [1.54, 1.807) is 31.3 Å². The molecule has 0 radical (unpaired) electrons. The van der Waals surface area contributed by atoms with Crippen LogP contribution in [0.25, 0.3) is 0 Å². The fourth-order valence-corrected chi connectivity index (χ4v) is 2.29. The van der Waals surface area contributed by atoms with Crippen molar-refractivity contribution in [3.63, 3.8) is 0 Å². The van der Waals surface area contributed by atoms with E-state index in [1.165, 1.54) is 16.4 Å². The van der Waals surface area contributed by atoms with Crippen LogP contribution in [0.3, 0.4) is 0 Å². The quantitative estimate of drug-likeness (QED) is 0.605. The molecule has 8 nitrogen and oxygen atoms in total. The van der Waals surface area contributed by atoms with Gasteiger partial charge in [-0.3, -0.25) is 4.79 Å². The van der Waals surface area contributed by atoms with Crippen molar-refractivity contribution in [3.8, 4) is 0 Å². The maximum atomic E-state index is 11.9. The van der Waals surface area contributed by atoms with Gasteiger partial charge in [-0.25, -0.2) is 9.48 Å². The molecule has 0 bridgehead atoms. The number of benzene rings is 1. The summed E-state index contributed by atoms with van der Waals surface area (Å²) in [5.74, 6) is -0.358. The predicted molar refractivity (Wildman–Crippen MR) is 85.2 cm³/mol. The standard InChI is InChI=1S/C14H17N5O3S/c1-3-8-22-13(21)10-4-6-11(7-5-10)15-12(20)9-23-14-16-17-18-19(14)2/h4-7H,3,8-9H2,1-2H3,(H,15,20). The molecule has 0 fully saturated rings. The van der Waals surface area contributed by atoms with Crippen LogP contribution < -0.4 is 5.32 Å². The molecule has 0 atom stereocenters. The van der Waals surface area contributed by atoms with Crippen molar-refractivity contribution in [2.45, 2.75) is 18.5 Å². The Morgan fingerprint density at radius 1 is 1.30 bits per heavy atom. The lowest BCUT2D eigenvalue weighted by Crippen LogP contribution is -2.14. The zero-order chi connectivity index (χ0) is 16.7. The van der Waals surface area contributed by atoms with Gasteiger partial charge >= 0.3 is 5.97 Å². The average Bonchev–Trinajstić information content (AvgIpc) is 2.96. The van der Waals surface area contributed by atoms with Crippen molar-refractivity contribution < 1.29 is 14.3 Å². The molecule has 0 unspecified atom stereocenters. The number of anilines is 1. The van der Waals surface area contributed by atoms with E-state index < -0.39 is 0 Å². The molecule has 0 aliphatic rings. The zero-order valence-electron chi connectivity index (χ0n) is 12.9. The molecule has 1 N–H and O–H groups in total. The maximum Gasteiger partial charge on any atom is 0.338 e. The first-order valence-corrected chi connectivity index (χ1v) is 8.01. The summed E-state index contributed by atoms with van der Waals surface area (Å²) in [5.41, 5.74) is 1.06. The fraction of sp³-hybridized carbons (Fsp3) is 0.357. The number of ether oxygens (including phenoxy) is 1. The van der Waals surface area contributed by atoms with Crippen LogP contribution in [0, 0.1) is 0 Å². The van der Waals surface area contributed by atoms with Crippen LogP contribution in [0.4, 0.5) is 5.69 Å². The van der Waals surface area contributed by atoms with E-state index >= 15 is 0 Å². The van der Waals surface area contributed by atoms with E-state index in [1.807, 2.05) is 6.92 Å². The lowest BCUT2D eigenvalue weighted by Gasteiger charge is -2.06. The minimum atomic E-state index is -0.366. The topological polar surface area (TPSA) is 99.0 Å². The minimum absolute atomic E-state index is 0.181. The maximum absolute atomic E-state index is 11.9. The smallest absolute Gasteiger partial charge is 0.338 e. The number of nitrogens with one attached hydrogen (secondary N) is 1. The van der Waals surface area contributed by atoms with E-state index in [-0.39, 0.29) is 17.6 Å². The number of carbonyl (C=O) groups is 2. The molecule has 0 spiro atoms. The molecule has 0 saturated carbocycles. The predicted octanol–water partition coefficient (Wildman–Crippen LogP) is 1.51. The minimum Gasteiger partial charge on any atom is -0.462 e. The number of amides is 1. The van der Waals surface area contributed by atoms with Gasteiger partial charge in [0.05, 0.1) is 17.9 Å². The second-order valence-electron chi connectivity index (χ2n) is 4.64. The van der Waals surface area contributed by atoms with E-state index in [0.29, 0.717) is 23.0 Å². The highest BCUT2D eigenvalue weighted by atomic mass is 32.2. The summed E-state index contributed by atoms with van der Waals surface area (Å²) < 4.78 is 6.53.